The maximum Gasteiger partial charge on any atom is 0.264 e. The third-order valence-corrected chi connectivity index (χ3v) is 7.69. The summed E-state index contributed by atoms with van der Waals surface area (Å²) >= 11 is 6.17. The molecule has 0 aliphatic carbocycles. The van der Waals surface area contributed by atoms with Crippen molar-refractivity contribution in [3.05, 3.63) is 59.1 Å². The fourth-order valence-corrected chi connectivity index (χ4v) is 5.50. The van der Waals surface area contributed by atoms with Gasteiger partial charge in [0.1, 0.15) is 11.6 Å². The second kappa shape index (κ2) is 11.1. The Balaban J connectivity index is 2.30. The molecular weight excluding hydrogens is 477 g/mol. The molecule has 0 aliphatic rings. The molecule has 1 N–H and O–H groups in total. The second-order valence-corrected chi connectivity index (χ2v) is 10.2. The number of benzene rings is 2. The summed E-state index contributed by atoms with van der Waals surface area (Å²) in [5.41, 5.74) is 0.517. The first-order valence-electron chi connectivity index (χ1n) is 11.3. The lowest BCUT2D eigenvalue weighted by Gasteiger charge is -2.27. The lowest BCUT2D eigenvalue weighted by Crippen LogP contribution is -2.32. The van der Waals surface area contributed by atoms with Crippen molar-refractivity contribution in [2.45, 2.75) is 57.4 Å². The Kier molecular flexibility index (Phi) is 8.43. The molecule has 0 bridgehead atoms. The van der Waals surface area contributed by atoms with Crippen molar-refractivity contribution in [2.75, 3.05) is 10.8 Å². The largest absolute Gasteiger partial charge is 0.313 e. The van der Waals surface area contributed by atoms with Crippen molar-refractivity contribution in [3.63, 3.8) is 0 Å². The van der Waals surface area contributed by atoms with Gasteiger partial charge in [-0.1, -0.05) is 50.1 Å². The molecule has 0 aliphatic heterocycles. The van der Waals surface area contributed by atoms with Crippen molar-refractivity contribution in [1.82, 2.24) is 14.8 Å². The summed E-state index contributed by atoms with van der Waals surface area (Å²) < 4.78 is 45.3. The number of anilines is 1. The predicted molar refractivity (Wildman–Crippen MR) is 134 cm³/mol. The van der Waals surface area contributed by atoms with Crippen molar-refractivity contribution < 1.29 is 12.8 Å². The second-order valence-electron chi connectivity index (χ2n) is 7.98. The molecule has 0 saturated heterocycles. The van der Waals surface area contributed by atoms with E-state index in [0.717, 1.165) is 12.5 Å². The van der Waals surface area contributed by atoms with Crippen molar-refractivity contribution in [2.24, 2.45) is 0 Å². The average molecular weight is 506 g/mol. The van der Waals surface area contributed by atoms with E-state index in [9.17, 15) is 12.8 Å². The molecule has 1 heterocycles. The summed E-state index contributed by atoms with van der Waals surface area (Å²) in [6.07, 6.45) is 3.65. The molecule has 3 aromatic rings. The SMILES string of the molecule is CCCCN(c1cc(F)c(Cl)cc1-c1nnc(CC)n1C(C)CC=N)S(=O)(=O)c1ccccc1. The van der Waals surface area contributed by atoms with Gasteiger partial charge in [0.25, 0.3) is 10.0 Å². The number of halogens is 2. The number of aryl methyl sites for hydroxylation is 1. The Morgan fingerprint density at radius 3 is 2.53 bits per heavy atom. The number of sulfonamides is 1. The summed E-state index contributed by atoms with van der Waals surface area (Å²) in [5, 5.41) is 16.0. The van der Waals surface area contributed by atoms with Crippen LogP contribution in [0.15, 0.2) is 47.4 Å². The van der Waals surface area contributed by atoms with E-state index in [1.165, 1.54) is 28.7 Å². The standard InChI is InChI=1S/C24H29ClFN5O2S/c1-4-6-14-30(34(32,33)18-10-8-7-9-11-18)22-16-21(26)20(25)15-19(22)24-29-28-23(5-2)31(24)17(3)12-13-27/h7-11,13,15-17,27H,4-6,12,14H2,1-3H3. The van der Waals surface area contributed by atoms with Crippen LogP contribution < -0.4 is 4.31 Å². The van der Waals surface area contributed by atoms with E-state index in [1.54, 1.807) is 18.2 Å². The molecule has 34 heavy (non-hydrogen) atoms. The molecule has 0 spiro atoms. The van der Waals surface area contributed by atoms with E-state index in [2.05, 4.69) is 10.2 Å². The monoisotopic (exact) mass is 505 g/mol. The minimum Gasteiger partial charge on any atom is -0.313 e. The third-order valence-electron chi connectivity index (χ3n) is 5.58. The molecule has 182 valence electrons. The fourth-order valence-electron chi connectivity index (χ4n) is 3.80. The van der Waals surface area contributed by atoms with Crippen LogP contribution in [-0.2, 0) is 16.4 Å². The Morgan fingerprint density at radius 1 is 1.21 bits per heavy atom. The molecule has 1 unspecified atom stereocenters. The molecular formula is C24H29ClFN5O2S. The van der Waals surface area contributed by atoms with Gasteiger partial charge in [-0.25, -0.2) is 12.8 Å². The number of unbranched alkanes of at least 4 members (excludes halogenated alkanes) is 1. The van der Waals surface area contributed by atoms with Gasteiger partial charge in [-0.3, -0.25) is 4.31 Å². The molecule has 1 aromatic heterocycles. The van der Waals surface area contributed by atoms with Crippen LogP contribution in [0.2, 0.25) is 5.02 Å². The van der Waals surface area contributed by atoms with Gasteiger partial charge in [0, 0.05) is 37.1 Å². The smallest absolute Gasteiger partial charge is 0.264 e. The highest BCUT2D eigenvalue weighted by molar-refractivity contribution is 7.92. The molecule has 0 radical (unpaired) electrons. The van der Waals surface area contributed by atoms with Gasteiger partial charge in [-0.2, -0.15) is 0 Å². The number of hydrogen-bond donors (Lipinski definition) is 1. The van der Waals surface area contributed by atoms with Crippen LogP contribution in [0, 0.1) is 11.2 Å². The van der Waals surface area contributed by atoms with E-state index < -0.39 is 15.8 Å². The fraction of sp³-hybridized carbons (Fsp3) is 0.375. The summed E-state index contributed by atoms with van der Waals surface area (Å²) in [7, 11) is -4.00. The number of hydrogen-bond acceptors (Lipinski definition) is 5. The minimum atomic E-state index is -4.00. The number of nitrogens with one attached hydrogen (secondary N) is 1. The Hall–Kier alpha value is -2.78. The van der Waals surface area contributed by atoms with E-state index in [1.807, 2.05) is 25.3 Å². The molecule has 10 heteroatoms. The van der Waals surface area contributed by atoms with E-state index >= 15 is 0 Å². The van der Waals surface area contributed by atoms with Gasteiger partial charge >= 0.3 is 0 Å². The van der Waals surface area contributed by atoms with E-state index in [4.69, 9.17) is 17.0 Å². The average Bonchev–Trinajstić information content (AvgIpc) is 3.26. The predicted octanol–water partition coefficient (Wildman–Crippen LogP) is 5.90. The maximum absolute atomic E-state index is 14.8. The number of nitrogens with zero attached hydrogens (tertiary/aromatic N) is 4. The minimum absolute atomic E-state index is 0.111. The van der Waals surface area contributed by atoms with Crippen LogP contribution in [0.3, 0.4) is 0 Å². The van der Waals surface area contributed by atoms with Gasteiger partial charge in [0.05, 0.1) is 15.6 Å². The zero-order chi connectivity index (χ0) is 24.9. The van der Waals surface area contributed by atoms with Gasteiger partial charge in [0.15, 0.2) is 5.82 Å². The van der Waals surface area contributed by atoms with Crippen molar-refractivity contribution in [1.29, 1.82) is 5.41 Å². The summed E-state index contributed by atoms with van der Waals surface area (Å²) in [6.45, 7) is 5.98. The molecule has 0 amide bonds. The van der Waals surface area contributed by atoms with Crippen LogP contribution in [0.1, 0.15) is 51.9 Å². The normalized spacial score (nSPS) is 12.5. The van der Waals surface area contributed by atoms with E-state index in [0.29, 0.717) is 36.5 Å². The number of aromatic nitrogens is 3. The van der Waals surface area contributed by atoms with Gasteiger partial charge in [-0.15, -0.1) is 10.2 Å². The molecule has 1 atom stereocenters. The maximum atomic E-state index is 14.8. The zero-order valence-corrected chi connectivity index (χ0v) is 21.1. The highest BCUT2D eigenvalue weighted by atomic mass is 35.5. The number of rotatable bonds is 11. The van der Waals surface area contributed by atoms with E-state index in [-0.39, 0.29) is 28.2 Å². The van der Waals surface area contributed by atoms with Gasteiger partial charge < -0.3 is 9.98 Å². The van der Waals surface area contributed by atoms with Crippen LogP contribution >= 0.6 is 11.6 Å². The molecule has 0 fully saturated rings. The van der Waals surface area contributed by atoms with Crippen LogP contribution in [0.25, 0.3) is 11.4 Å². The Bertz CT molecular complexity index is 1250. The molecule has 7 nitrogen and oxygen atoms in total. The van der Waals surface area contributed by atoms with Crippen LogP contribution in [0.4, 0.5) is 10.1 Å². The van der Waals surface area contributed by atoms with Crippen LogP contribution in [-0.4, -0.2) is 35.9 Å². The first kappa shape index (κ1) is 25.8. The highest BCUT2D eigenvalue weighted by Crippen LogP contribution is 2.38. The quantitative estimate of drug-likeness (QED) is 0.328. The Labute approximate surface area is 205 Å². The van der Waals surface area contributed by atoms with Crippen molar-refractivity contribution >= 4 is 33.5 Å². The first-order chi connectivity index (χ1) is 16.3. The third kappa shape index (κ3) is 5.15. The van der Waals surface area contributed by atoms with Crippen LogP contribution in [0.5, 0.6) is 0 Å². The van der Waals surface area contributed by atoms with Gasteiger partial charge in [0.2, 0.25) is 0 Å². The van der Waals surface area contributed by atoms with Gasteiger partial charge in [-0.05, 0) is 37.8 Å². The first-order valence-corrected chi connectivity index (χ1v) is 13.1. The lowest BCUT2D eigenvalue weighted by atomic mass is 10.1. The molecule has 2 aromatic carbocycles. The summed E-state index contributed by atoms with van der Waals surface area (Å²) in [6, 6.07) is 10.5. The highest BCUT2D eigenvalue weighted by Gasteiger charge is 2.30. The zero-order valence-electron chi connectivity index (χ0n) is 19.5. The summed E-state index contributed by atoms with van der Waals surface area (Å²) in [4.78, 5) is 0.111. The van der Waals surface area contributed by atoms with Crippen molar-refractivity contribution in [3.8, 4) is 11.4 Å². The molecule has 3 rings (SSSR count). The Morgan fingerprint density at radius 2 is 1.91 bits per heavy atom. The topological polar surface area (TPSA) is 91.9 Å². The lowest BCUT2D eigenvalue weighted by molar-refractivity contribution is 0.550. The summed E-state index contributed by atoms with van der Waals surface area (Å²) in [5.74, 6) is 0.342. The molecule has 0 saturated carbocycles.